The molecule has 0 bridgehead atoms. The molecule has 0 aliphatic rings. The molecule has 1 rings (SSSR count). The fourth-order valence-corrected chi connectivity index (χ4v) is 2.08. The Morgan fingerprint density at radius 3 is 2.63 bits per heavy atom. The highest BCUT2D eigenvalue weighted by atomic mass is 32.1. The zero-order valence-electron chi connectivity index (χ0n) is 10.5. The van der Waals surface area contributed by atoms with E-state index < -0.39 is 18.0 Å². The largest absolute Gasteiger partial charge is 0.479 e. The summed E-state index contributed by atoms with van der Waals surface area (Å²) in [5.74, 6) is -1.48. The minimum atomic E-state index is -1.15. The minimum absolute atomic E-state index is 0.140. The van der Waals surface area contributed by atoms with Crippen molar-refractivity contribution >= 4 is 29.2 Å². The third-order valence-corrected chi connectivity index (χ3v) is 3.29. The van der Waals surface area contributed by atoms with Crippen LogP contribution in [0.4, 0.5) is 4.79 Å². The number of nitrogens with zero attached hydrogens (tertiary/aromatic N) is 1. The Morgan fingerprint density at radius 1 is 1.47 bits per heavy atom. The van der Waals surface area contributed by atoms with Crippen molar-refractivity contribution in [1.29, 1.82) is 0 Å². The fraction of sp³-hybridized carbons (Fsp3) is 0.364. The van der Waals surface area contributed by atoms with Crippen molar-refractivity contribution in [1.82, 2.24) is 15.5 Å². The second-order valence-electron chi connectivity index (χ2n) is 3.77. The molecule has 0 saturated heterocycles. The van der Waals surface area contributed by atoms with E-state index in [2.05, 4.69) is 10.6 Å². The number of amides is 3. The number of hydrogen-bond donors (Lipinski definition) is 3. The lowest BCUT2D eigenvalue weighted by atomic mass is 10.2. The predicted octanol–water partition coefficient (Wildman–Crippen LogP) is 0.261. The number of thiophene rings is 1. The number of rotatable bonds is 5. The van der Waals surface area contributed by atoms with Gasteiger partial charge in [-0.2, -0.15) is 0 Å². The van der Waals surface area contributed by atoms with E-state index in [1.165, 1.54) is 25.4 Å². The average Bonchev–Trinajstić information content (AvgIpc) is 2.88. The number of carbonyl (C=O) groups excluding carboxylic acids is 2. The maximum absolute atomic E-state index is 11.8. The Bertz CT molecular complexity index is 461. The molecule has 7 nitrogen and oxygen atoms in total. The summed E-state index contributed by atoms with van der Waals surface area (Å²) in [6, 6.07) is 1.60. The Kier molecular flexibility index (Phi) is 5.31. The van der Waals surface area contributed by atoms with E-state index in [-0.39, 0.29) is 12.5 Å². The first-order valence-corrected chi connectivity index (χ1v) is 6.32. The fourth-order valence-electron chi connectivity index (χ4n) is 1.31. The van der Waals surface area contributed by atoms with E-state index in [0.717, 1.165) is 4.90 Å². The quantitative estimate of drug-likeness (QED) is 0.722. The van der Waals surface area contributed by atoms with Crippen LogP contribution in [0.1, 0.15) is 10.9 Å². The van der Waals surface area contributed by atoms with Gasteiger partial charge in [0.2, 0.25) is 5.91 Å². The Morgan fingerprint density at radius 2 is 2.16 bits per heavy atom. The van der Waals surface area contributed by atoms with Crippen LogP contribution in [-0.2, 0) is 9.59 Å². The minimum Gasteiger partial charge on any atom is -0.479 e. The van der Waals surface area contributed by atoms with Gasteiger partial charge in [0.15, 0.2) is 6.04 Å². The van der Waals surface area contributed by atoms with Gasteiger partial charge in [-0.25, -0.2) is 9.59 Å². The SMILES string of the molecule is CNC(=O)CN(C)C(=O)NC(C(=O)O)c1cccs1. The van der Waals surface area contributed by atoms with Crippen molar-refractivity contribution in [2.45, 2.75) is 6.04 Å². The first-order chi connectivity index (χ1) is 8.95. The number of nitrogens with one attached hydrogen (secondary N) is 2. The van der Waals surface area contributed by atoms with Gasteiger partial charge in [0.05, 0.1) is 0 Å². The van der Waals surface area contributed by atoms with Crippen molar-refractivity contribution in [3.05, 3.63) is 22.4 Å². The molecule has 3 N–H and O–H groups in total. The highest BCUT2D eigenvalue weighted by Gasteiger charge is 2.24. The standard InChI is InChI=1S/C11H15N3O4S/c1-12-8(15)6-14(2)11(18)13-9(10(16)17)7-4-3-5-19-7/h3-5,9H,6H2,1-2H3,(H,12,15)(H,13,18)(H,16,17). The molecule has 0 saturated carbocycles. The summed E-state index contributed by atoms with van der Waals surface area (Å²) in [5, 5.41) is 15.6. The molecule has 1 atom stereocenters. The van der Waals surface area contributed by atoms with Crippen molar-refractivity contribution in [3.63, 3.8) is 0 Å². The number of carboxylic acids is 1. The van der Waals surface area contributed by atoms with Crippen molar-refractivity contribution < 1.29 is 19.5 Å². The summed E-state index contributed by atoms with van der Waals surface area (Å²) in [6.45, 7) is -0.140. The van der Waals surface area contributed by atoms with Crippen LogP contribution in [0.3, 0.4) is 0 Å². The van der Waals surface area contributed by atoms with E-state index in [4.69, 9.17) is 5.11 Å². The van der Waals surface area contributed by atoms with Crippen LogP contribution in [0, 0.1) is 0 Å². The number of aliphatic carboxylic acids is 1. The molecular weight excluding hydrogens is 270 g/mol. The van der Waals surface area contributed by atoms with Gasteiger partial charge in [-0.1, -0.05) is 6.07 Å². The topological polar surface area (TPSA) is 98.7 Å². The van der Waals surface area contributed by atoms with Crippen LogP contribution >= 0.6 is 11.3 Å². The highest BCUT2D eigenvalue weighted by Crippen LogP contribution is 2.19. The lowest BCUT2D eigenvalue weighted by Gasteiger charge is -2.20. The third-order valence-electron chi connectivity index (χ3n) is 2.35. The monoisotopic (exact) mass is 285 g/mol. The van der Waals surface area contributed by atoms with E-state index in [1.807, 2.05) is 0 Å². The van der Waals surface area contributed by atoms with Crippen molar-refractivity contribution in [2.24, 2.45) is 0 Å². The summed E-state index contributed by atoms with van der Waals surface area (Å²) in [7, 11) is 2.87. The van der Waals surface area contributed by atoms with Gasteiger partial charge in [-0.15, -0.1) is 11.3 Å². The summed E-state index contributed by atoms with van der Waals surface area (Å²) in [5.41, 5.74) is 0. The van der Waals surface area contributed by atoms with E-state index in [1.54, 1.807) is 17.5 Å². The van der Waals surface area contributed by atoms with Gasteiger partial charge in [0, 0.05) is 19.0 Å². The molecule has 3 amide bonds. The molecule has 0 aromatic carbocycles. The van der Waals surface area contributed by atoms with Crippen LogP contribution in [0.5, 0.6) is 0 Å². The number of carboxylic acid groups (broad SMARTS) is 1. The summed E-state index contributed by atoms with van der Waals surface area (Å²) >= 11 is 1.24. The van der Waals surface area contributed by atoms with Gasteiger partial charge in [0.25, 0.3) is 0 Å². The molecule has 1 aromatic heterocycles. The van der Waals surface area contributed by atoms with Gasteiger partial charge < -0.3 is 20.6 Å². The molecule has 19 heavy (non-hydrogen) atoms. The third kappa shape index (κ3) is 4.25. The van der Waals surface area contributed by atoms with Crippen LogP contribution in [-0.4, -0.2) is 48.6 Å². The summed E-state index contributed by atoms with van der Waals surface area (Å²) < 4.78 is 0. The average molecular weight is 285 g/mol. The summed E-state index contributed by atoms with van der Waals surface area (Å²) in [6.07, 6.45) is 0. The molecule has 1 unspecified atom stereocenters. The smallest absolute Gasteiger partial charge is 0.331 e. The lowest BCUT2D eigenvalue weighted by molar-refractivity contribution is -0.139. The molecule has 0 aliphatic heterocycles. The van der Waals surface area contributed by atoms with Crippen LogP contribution in [0.15, 0.2) is 17.5 Å². The second kappa shape index (κ2) is 6.74. The van der Waals surface area contributed by atoms with Gasteiger partial charge >= 0.3 is 12.0 Å². The Labute approximate surface area is 114 Å². The lowest BCUT2D eigenvalue weighted by Crippen LogP contribution is -2.45. The summed E-state index contributed by atoms with van der Waals surface area (Å²) in [4.78, 5) is 35.7. The highest BCUT2D eigenvalue weighted by molar-refractivity contribution is 7.10. The van der Waals surface area contributed by atoms with Crippen LogP contribution in [0.2, 0.25) is 0 Å². The van der Waals surface area contributed by atoms with Gasteiger partial charge in [-0.05, 0) is 11.4 Å². The molecule has 1 aromatic rings. The molecule has 0 spiro atoms. The number of hydrogen-bond acceptors (Lipinski definition) is 4. The first kappa shape index (κ1) is 15.0. The van der Waals surface area contributed by atoms with Crippen molar-refractivity contribution in [3.8, 4) is 0 Å². The van der Waals surface area contributed by atoms with E-state index in [0.29, 0.717) is 4.88 Å². The van der Waals surface area contributed by atoms with E-state index in [9.17, 15) is 14.4 Å². The molecule has 104 valence electrons. The molecular formula is C11H15N3O4S. The van der Waals surface area contributed by atoms with E-state index >= 15 is 0 Å². The molecule has 0 radical (unpaired) electrons. The maximum Gasteiger partial charge on any atom is 0.331 e. The van der Waals surface area contributed by atoms with Crippen LogP contribution in [0.25, 0.3) is 0 Å². The van der Waals surface area contributed by atoms with Crippen LogP contribution < -0.4 is 10.6 Å². The molecule has 1 heterocycles. The van der Waals surface area contributed by atoms with Gasteiger partial charge in [-0.3, -0.25) is 4.79 Å². The number of likely N-dealkylation sites (N-methyl/N-ethyl adjacent to an activating group) is 2. The number of carbonyl (C=O) groups is 3. The van der Waals surface area contributed by atoms with Crippen molar-refractivity contribution in [2.75, 3.05) is 20.6 Å². The zero-order chi connectivity index (χ0) is 14.4. The normalized spacial score (nSPS) is 11.5. The first-order valence-electron chi connectivity index (χ1n) is 5.44. The Hall–Kier alpha value is -2.09. The molecule has 0 aliphatic carbocycles. The molecule has 0 fully saturated rings. The maximum atomic E-state index is 11.8. The zero-order valence-corrected chi connectivity index (χ0v) is 11.4. The molecule has 8 heteroatoms. The van der Waals surface area contributed by atoms with Gasteiger partial charge in [0.1, 0.15) is 6.54 Å². The number of urea groups is 1. The second-order valence-corrected chi connectivity index (χ2v) is 4.74. The Balaban J connectivity index is 2.67. The predicted molar refractivity (Wildman–Crippen MR) is 69.9 cm³/mol.